The van der Waals surface area contributed by atoms with E-state index in [4.69, 9.17) is 4.74 Å². The van der Waals surface area contributed by atoms with Gasteiger partial charge in [0.2, 0.25) is 0 Å². The summed E-state index contributed by atoms with van der Waals surface area (Å²) in [5.74, 6) is -0.812. The smallest absolute Gasteiger partial charge is 0.339 e. The number of unbranched alkanes of at least 4 members (excludes halogenated alkanes) is 1. The number of carbonyl (C=O) groups is 1. The lowest BCUT2D eigenvalue weighted by Gasteiger charge is -2.24. The molecule has 0 heterocycles. The Morgan fingerprint density at radius 2 is 1.64 bits per heavy atom. The van der Waals surface area contributed by atoms with Crippen LogP contribution in [0.1, 0.15) is 50.4 Å². The number of hydrogen-bond acceptors (Lipinski definition) is 6. The first kappa shape index (κ1) is 17.5. The van der Waals surface area contributed by atoms with E-state index in [0.29, 0.717) is 6.42 Å². The number of hydrogen-bond donors (Lipinski definition) is 0. The highest BCUT2D eigenvalue weighted by Crippen LogP contribution is 2.25. The monoisotopic (exact) mass is 310 g/mol. The second-order valence-electron chi connectivity index (χ2n) is 5.51. The number of esters is 1. The van der Waals surface area contributed by atoms with E-state index < -0.39 is 32.8 Å². The molecule has 0 bridgehead atoms. The number of nitro benzene ring substituents is 2. The van der Waals surface area contributed by atoms with Gasteiger partial charge >= 0.3 is 5.97 Å². The molecule has 0 atom stereocenters. The third-order valence-electron chi connectivity index (χ3n) is 3.06. The van der Waals surface area contributed by atoms with Crippen LogP contribution in [-0.4, -0.2) is 21.4 Å². The number of non-ortho nitro benzene ring substituents is 2. The SMILES string of the molecule is CCCCC(C)(C)OC(=O)c1cc([N+](=O)[O-])cc([N+](=O)[O-])c1. The Bertz CT molecular complexity index is 565. The molecule has 0 unspecified atom stereocenters. The standard InChI is InChI=1S/C14H18N2O6/c1-4-5-6-14(2,3)22-13(17)10-7-11(15(18)19)9-12(8-10)16(20)21/h7-9H,4-6H2,1-3H3. The summed E-state index contributed by atoms with van der Waals surface area (Å²) in [6.45, 7) is 5.46. The molecular weight excluding hydrogens is 292 g/mol. The van der Waals surface area contributed by atoms with E-state index in [9.17, 15) is 25.0 Å². The van der Waals surface area contributed by atoms with Crippen molar-refractivity contribution in [1.29, 1.82) is 0 Å². The Kier molecular flexibility index (Phi) is 5.56. The Balaban J connectivity index is 3.07. The maximum absolute atomic E-state index is 12.1. The minimum Gasteiger partial charge on any atom is -0.456 e. The van der Waals surface area contributed by atoms with E-state index in [1.54, 1.807) is 13.8 Å². The quantitative estimate of drug-likeness (QED) is 0.431. The van der Waals surface area contributed by atoms with Crippen molar-refractivity contribution in [3.05, 3.63) is 44.0 Å². The molecule has 0 N–H and O–H groups in total. The van der Waals surface area contributed by atoms with Gasteiger partial charge in [-0.2, -0.15) is 0 Å². The van der Waals surface area contributed by atoms with Gasteiger partial charge in [-0.15, -0.1) is 0 Å². The summed E-state index contributed by atoms with van der Waals surface area (Å²) in [6, 6.07) is 2.76. The summed E-state index contributed by atoms with van der Waals surface area (Å²) in [6.07, 6.45) is 2.42. The van der Waals surface area contributed by atoms with E-state index in [-0.39, 0.29) is 5.56 Å². The molecule has 0 radical (unpaired) electrons. The van der Waals surface area contributed by atoms with Crippen LogP contribution in [0.5, 0.6) is 0 Å². The molecule has 1 aromatic carbocycles. The Hall–Kier alpha value is -2.51. The first-order valence-electron chi connectivity index (χ1n) is 6.83. The predicted octanol–water partition coefficient (Wildman–Crippen LogP) is 3.63. The second kappa shape index (κ2) is 6.97. The van der Waals surface area contributed by atoms with E-state index in [1.165, 1.54) is 0 Å². The molecule has 8 nitrogen and oxygen atoms in total. The van der Waals surface area contributed by atoms with Crippen LogP contribution in [0.25, 0.3) is 0 Å². The van der Waals surface area contributed by atoms with Crippen LogP contribution in [0.4, 0.5) is 11.4 Å². The fourth-order valence-electron chi connectivity index (χ4n) is 1.89. The molecule has 0 aliphatic heterocycles. The first-order valence-corrected chi connectivity index (χ1v) is 6.83. The maximum Gasteiger partial charge on any atom is 0.339 e. The highest BCUT2D eigenvalue weighted by atomic mass is 16.6. The van der Waals surface area contributed by atoms with Crippen LogP contribution < -0.4 is 0 Å². The first-order chi connectivity index (χ1) is 10.2. The highest BCUT2D eigenvalue weighted by molar-refractivity contribution is 5.91. The summed E-state index contributed by atoms with van der Waals surface area (Å²) in [5.41, 5.74) is -1.99. The highest BCUT2D eigenvalue weighted by Gasteiger charge is 2.26. The van der Waals surface area contributed by atoms with Gasteiger partial charge in [0.15, 0.2) is 0 Å². The number of ether oxygens (including phenoxy) is 1. The molecule has 0 saturated carbocycles. The molecular formula is C14H18N2O6. The van der Waals surface area contributed by atoms with Crippen LogP contribution in [-0.2, 0) is 4.74 Å². The van der Waals surface area contributed by atoms with Gasteiger partial charge in [0.1, 0.15) is 5.60 Å². The van der Waals surface area contributed by atoms with E-state index in [2.05, 4.69) is 0 Å². The Labute approximate surface area is 127 Å². The van der Waals surface area contributed by atoms with Crippen molar-refractivity contribution in [2.45, 2.75) is 45.6 Å². The van der Waals surface area contributed by atoms with Crippen molar-refractivity contribution in [1.82, 2.24) is 0 Å². The number of carbonyl (C=O) groups excluding carboxylic acids is 1. The summed E-state index contributed by atoms with van der Waals surface area (Å²) in [5, 5.41) is 21.6. The molecule has 120 valence electrons. The maximum atomic E-state index is 12.1. The van der Waals surface area contributed by atoms with Gasteiger partial charge in [-0.1, -0.05) is 13.3 Å². The summed E-state index contributed by atoms with van der Waals surface area (Å²) < 4.78 is 5.31. The van der Waals surface area contributed by atoms with Crippen molar-refractivity contribution in [2.75, 3.05) is 0 Å². The zero-order chi connectivity index (χ0) is 16.9. The average molecular weight is 310 g/mol. The molecule has 1 rings (SSSR count). The minimum absolute atomic E-state index is 0.203. The van der Waals surface area contributed by atoms with Crippen LogP contribution >= 0.6 is 0 Å². The zero-order valence-electron chi connectivity index (χ0n) is 12.7. The predicted molar refractivity (Wildman–Crippen MR) is 78.8 cm³/mol. The lowest BCUT2D eigenvalue weighted by molar-refractivity contribution is -0.394. The molecule has 22 heavy (non-hydrogen) atoms. The summed E-state index contributed by atoms with van der Waals surface area (Å²) in [7, 11) is 0. The lowest BCUT2D eigenvalue weighted by Crippen LogP contribution is -2.28. The van der Waals surface area contributed by atoms with Crippen LogP contribution in [0, 0.1) is 20.2 Å². The van der Waals surface area contributed by atoms with Gasteiger partial charge in [0, 0.05) is 12.1 Å². The van der Waals surface area contributed by atoms with Crippen molar-refractivity contribution in [2.24, 2.45) is 0 Å². The van der Waals surface area contributed by atoms with Crippen molar-refractivity contribution in [3.63, 3.8) is 0 Å². The third-order valence-corrected chi connectivity index (χ3v) is 3.06. The number of nitrogens with zero attached hydrogens (tertiary/aromatic N) is 2. The normalized spacial score (nSPS) is 11.0. The molecule has 0 saturated heterocycles. The van der Waals surface area contributed by atoms with Crippen molar-refractivity contribution in [3.8, 4) is 0 Å². The van der Waals surface area contributed by atoms with Crippen LogP contribution in [0.2, 0.25) is 0 Å². The zero-order valence-corrected chi connectivity index (χ0v) is 12.7. The molecule has 0 aromatic heterocycles. The van der Waals surface area contributed by atoms with Gasteiger partial charge in [-0.25, -0.2) is 4.79 Å². The summed E-state index contributed by atoms with van der Waals surface area (Å²) >= 11 is 0. The van der Waals surface area contributed by atoms with E-state index in [1.807, 2.05) is 6.92 Å². The topological polar surface area (TPSA) is 113 Å². The van der Waals surface area contributed by atoms with Crippen molar-refractivity contribution < 1.29 is 19.4 Å². The van der Waals surface area contributed by atoms with Crippen LogP contribution in [0.3, 0.4) is 0 Å². The van der Waals surface area contributed by atoms with Crippen LogP contribution in [0.15, 0.2) is 18.2 Å². The second-order valence-corrected chi connectivity index (χ2v) is 5.51. The third kappa shape index (κ3) is 4.80. The minimum atomic E-state index is -0.812. The lowest BCUT2D eigenvalue weighted by atomic mass is 10.0. The van der Waals surface area contributed by atoms with Crippen molar-refractivity contribution >= 4 is 17.3 Å². The van der Waals surface area contributed by atoms with Gasteiger partial charge < -0.3 is 4.74 Å². The average Bonchev–Trinajstić information content (AvgIpc) is 2.44. The molecule has 0 fully saturated rings. The van der Waals surface area contributed by atoms with Gasteiger partial charge in [0.25, 0.3) is 11.4 Å². The Morgan fingerprint density at radius 1 is 1.14 bits per heavy atom. The molecule has 0 spiro atoms. The Morgan fingerprint density at radius 3 is 2.05 bits per heavy atom. The summed E-state index contributed by atoms with van der Waals surface area (Å²) in [4.78, 5) is 32.2. The fraction of sp³-hybridized carbons (Fsp3) is 0.500. The number of nitro groups is 2. The van der Waals surface area contributed by atoms with Gasteiger partial charge in [-0.3, -0.25) is 20.2 Å². The van der Waals surface area contributed by atoms with Gasteiger partial charge in [-0.05, 0) is 26.7 Å². The molecule has 8 heteroatoms. The van der Waals surface area contributed by atoms with Gasteiger partial charge in [0.05, 0.1) is 21.5 Å². The largest absolute Gasteiger partial charge is 0.456 e. The number of benzene rings is 1. The number of rotatable bonds is 7. The molecule has 0 amide bonds. The van der Waals surface area contributed by atoms with E-state index in [0.717, 1.165) is 31.0 Å². The molecule has 0 aliphatic rings. The molecule has 1 aromatic rings. The molecule has 0 aliphatic carbocycles. The fourth-order valence-corrected chi connectivity index (χ4v) is 1.89. The van der Waals surface area contributed by atoms with E-state index >= 15 is 0 Å².